The van der Waals surface area contributed by atoms with Crippen molar-refractivity contribution in [1.82, 2.24) is 4.90 Å². The molecule has 1 fully saturated rings. The van der Waals surface area contributed by atoms with Crippen LogP contribution in [-0.4, -0.2) is 29.3 Å². The van der Waals surface area contributed by atoms with Crippen LogP contribution in [0.2, 0.25) is 5.02 Å². The van der Waals surface area contributed by atoms with Crippen LogP contribution in [0.1, 0.15) is 29.0 Å². The summed E-state index contributed by atoms with van der Waals surface area (Å²) in [5.41, 5.74) is 1.35. The fourth-order valence-corrected chi connectivity index (χ4v) is 3.87. The monoisotopic (exact) mass is 398 g/mol. The molecule has 1 aromatic carbocycles. The first-order valence-electron chi connectivity index (χ1n) is 9.09. The highest BCUT2D eigenvalue weighted by atomic mass is 35.5. The molecule has 1 aliphatic heterocycles. The zero-order chi connectivity index (χ0) is 19.8. The third-order valence-electron chi connectivity index (χ3n) is 5.33. The van der Waals surface area contributed by atoms with E-state index in [2.05, 4.69) is 0 Å². The SMILES string of the molecule is Cc1ccc(N(CN2C(=O)[C@H]3CC=CC[C@@H]3C2=O)C(=O)c2ccco2)cc1Cl. The first-order valence-corrected chi connectivity index (χ1v) is 9.47. The molecule has 1 aliphatic carbocycles. The maximum Gasteiger partial charge on any atom is 0.295 e. The number of amides is 3. The molecule has 6 nitrogen and oxygen atoms in total. The quantitative estimate of drug-likeness (QED) is 0.580. The first kappa shape index (κ1) is 18.5. The summed E-state index contributed by atoms with van der Waals surface area (Å²) in [6.45, 7) is 1.68. The van der Waals surface area contributed by atoms with Gasteiger partial charge in [0.05, 0.1) is 18.1 Å². The molecule has 3 amide bonds. The molecule has 2 aromatic rings. The van der Waals surface area contributed by atoms with Crippen LogP contribution in [0.4, 0.5) is 5.69 Å². The molecule has 2 aliphatic rings. The van der Waals surface area contributed by atoms with Gasteiger partial charge in [-0.25, -0.2) is 0 Å². The van der Waals surface area contributed by atoms with E-state index in [0.29, 0.717) is 23.6 Å². The van der Waals surface area contributed by atoms with Gasteiger partial charge < -0.3 is 4.42 Å². The number of halogens is 1. The smallest absolute Gasteiger partial charge is 0.295 e. The Balaban J connectivity index is 1.68. The van der Waals surface area contributed by atoms with Gasteiger partial charge in [0.15, 0.2) is 5.76 Å². The van der Waals surface area contributed by atoms with Gasteiger partial charge in [0.1, 0.15) is 6.67 Å². The molecule has 0 saturated carbocycles. The molecule has 144 valence electrons. The summed E-state index contributed by atoms with van der Waals surface area (Å²) in [6, 6.07) is 8.33. The number of anilines is 1. The van der Waals surface area contributed by atoms with Crippen molar-refractivity contribution in [1.29, 1.82) is 0 Å². The second-order valence-corrected chi connectivity index (χ2v) is 7.45. The summed E-state index contributed by atoms with van der Waals surface area (Å²) in [5.74, 6) is -1.50. The van der Waals surface area contributed by atoms with Gasteiger partial charge in [-0.3, -0.25) is 24.2 Å². The van der Waals surface area contributed by atoms with Crippen LogP contribution in [0.15, 0.2) is 53.2 Å². The summed E-state index contributed by atoms with van der Waals surface area (Å²) in [6.07, 6.45) is 6.37. The highest BCUT2D eigenvalue weighted by Crippen LogP contribution is 2.36. The molecule has 4 rings (SSSR count). The predicted molar refractivity (Wildman–Crippen MR) is 104 cm³/mol. The van der Waals surface area contributed by atoms with Gasteiger partial charge in [-0.1, -0.05) is 29.8 Å². The summed E-state index contributed by atoms with van der Waals surface area (Å²) >= 11 is 6.24. The van der Waals surface area contributed by atoms with Crippen molar-refractivity contribution in [3.63, 3.8) is 0 Å². The number of likely N-dealkylation sites (tertiary alicyclic amines) is 1. The minimum absolute atomic E-state index is 0.120. The van der Waals surface area contributed by atoms with Crippen molar-refractivity contribution >= 4 is 35.0 Å². The van der Waals surface area contributed by atoms with Gasteiger partial charge in [0, 0.05) is 10.7 Å². The molecule has 1 aromatic heterocycles. The predicted octanol–water partition coefficient (Wildman–Crippen LogP) is 3.80. The lowest BCUT2D eigenvalue weighted by Gasteiger charge is -2.27. The van der Waals surface area contributed by atoms with E-state index < -0.39 is 5.91 Å². The van der Waals surface area contributed by atoms with Gasteiger partial charge in [-0.05, 0) is 49.6 Å². The second-order valence-electron chi connectivity index (χ2n) is 7.05. The van der Waals surface area contributed by atoms with Gasteiger partial charge in [0.2, 0.25) is 11.8 Å². The number of furan rings is 1. The maximum atomic E-state index is 13.0. The lowest BCUT2D eigenvalue weighted by Crippen LogP contribution is -2.44. The number of imide groups is 1. The molecule has 0 bridgehead atoms. The Morgan fingerprint density at radius 2 is 1.86 bits per heavy atom. The zero-order valence-electron chi connectivity index (χ0n) is 15.3. The molecule has 2 heterocycles. The van der Waals surface area contributed by atoms with Crippen molar-refractivity contribution < 1.29 is 18.8 Å². The molecule has 7 heteroatoms. The third-order valence-corrected chi connectivity index (χ3v) is 5.73. The molecule has 0 N–H and O–H groups in total. The van der Waals surface area contributed by atoms with Gasteiger partial charge in [-0.2, -0.15) is 0 Å². The van der Waals surface area contributed by atoms with Gasteiger partial charge in [-0.15, -0.1) is 0 Å². The highest BCUT2D eigenvalue weighted by Gasteiger charge is 2.48. The largest absolute Gasteiger partial charge is 0.459 e. The number of hydrogen-bond acceptors (Lipinski definition) is 4. The number of carbonyl (C=O) groups is 3. The molecule has 1 saturated heterocycles. The summed E-state index contributed by atoms with van der Waals surface area (Å²) < 4.78 is 5.24. The van der Waals surface area contributed by atoms with E-state index >= 15 is 0 Å². The standard InChI is InChI=1S/C21H19ClN2O4/c1-13-8-9-14(11-17(13)22)23(21(27)18-7-4-10-28-18)12-24-19(25)15-5-2-3-6-16(15)20(24)26/h2-4,7-11,15-16H,5-6,12H2,1H3/t15-,16-/m0/s1. The number of carbonyl (C=O) groups excluding carboxylic acids is 3. The normalized spacial score (nSPS) is 21.1. The van der Waals surface area contributed by atoms with Crippen LogP contribution < -0.4 is 4.90 Å². The van der Waals surface area contributed by atoms with E-state index in [4.69, 9.17) is 16.0 Å². The molecule has 2 atom stereocenters. The van der Waals surface area contributed by atoms with Crippen LogP contribution in [-0.2, 0) is 9.59 Å². The lowest BCUT2D eigenvalue weighted by molar-refractivity contribution is -0.139. The topological polar surface area (TPSA) is 70.8 Å². The average molecular weight is 399 g/mol. The van der Waals surface area contributed by atoms with E-state index in [1.54, 1.807) is 30.3 Å². The van der Waals surface area contributed by atoms with Crippen molar-refractivity contribution in [2.75, 3.05) is 11.6 Å². The minimum atomic E-state index is -0.446. The van der Waals surface area contributed by atoms with Crippen molar-refractivity contribution in [3.8, 4) is 0 Å². The van der Waals surface area contributed by atoms with Crippen LogP contribution in [0.3, 0.4) is 0 Å². The summed E-state index contributed by atoms with van der Waals surface area (Å²) in [4.78, 5) is 41.2. The van der Waals surface area contributed by atoms with E-state index in [9.17, 15) is 14.4 Å². The summed E-state index contributed by atoms with van der Waals surface area (Å²) in [5, 5.41) is 0.492. The molecule has 0 spiro atoms. The van der Waals surface area contributed by atoms with Crippen LogP contribution in [0.25, 0.3) is 0 Å². The minimum Gasteiger partial charge on any atom is -0.459 e. The van der Waals surface area contributed by atoms with E-state index in [1.165, 1.54) is 16.1 Å². The number of fused-ring (bicyclic) bond motifs is 1. The van der Waals surface area contributed by atoms with E-state index in [0.717, 1.165) is 5.56 Å². The Hall–Kier alpha value is -2.86. The molecule has 28 heavy (non-hydrogen) atoms. The third kappa shape index (κ3) is 3.14. The number of nitrogens with zero attached hydrogens (tertiary/aromatic N) is 2. The van der Waals surface area contributed by atoms with Crippen LogP contribution in [0, 0.1) is 18.8 Å². The number of allylic oxidation sites excluding steroid dienone is 2. The number of hydrogen-bond donors (Lipinski definition) is 0. The van der Waals surface area contributed by atoms with Crippen molar-refractivity contribution in [3.05, 3.63) is 65.1 Å². The fraction of sp³-hybridized carbons (Fsp3) is 0.286. The Bertz CT molecular complexity index is 941. The zero-order valence-corrected chi connectivity index (χ0v) is 16.1. The van der Waals surface area contributed by atoms with Gasteiger partial charge >= 0.3 is 0 Å². The van der Waals surface area contributed by atoms with Crippen molar-refractivity contribution in [2.45, 2.75) is 19.8 Å². The fourth-order valence-electron chi connectivity index (χ4n) is 3.70. The number of aryl methyl sites for hydroxylation is 1. The first-order chi connectivity index (χ1) is 13.5. The van der Waals surface area contributed by atoms with E-state index in [1.807, 2.05) is 19.1 Å². The Morgan fingerprint density at radius 1 is 1.18 bits per heavy atom. The molecule has 0 unspecified atom stereocenters. The second kappa shape index (κ2) is 7.28. The maximum absolute atomic E-state index is 13.0. The van der Waals surface area contributed by atoms with Crippen molar-refractivity contribution in [2.24, 2.45) is 11.8 Å². The number of rotatable bonds is 4. The highest BCUT2D eigenvalue weighted by molar-refractivity contribution is 6.31. The Kier molecular flexibility index (Phi) is 4.81. The Morgan fingerprint density at radius 3 is 2.43 bits per heavy atom. The van der Waals surface area contributed by atoms with E-state index in [-0.39, 0.29) is 36.1 Å². The number of benzene rings is 1. The van der Waals surface area contributed by atoms with Gasteiger partial charge in [0.25, 0.3) is 5.91 Å². The van der Waals surface area contributed by atoms with Crippen LogP contribution in [0.5, 0.6) is 0 Å². The molecular weight excluding hydrogens is 380 g/mol. The summed E-state index contributed by atoms with van der Waals surface area (Å²) in [7, 11) is 0. The molecule has 0 radical (unpaired) electrons. The molecular formula is C21H19ClN2O4. The van der Waals surface area contributed by atoms with Crippen LogP contribution >= 0.6 is 11.6 Å². The average Bonchev–Trinajstić information content (AvgIpc) is 3.31. The lowest BCUT2D eigenvalue weighted by atomic mass is 9.85. The Labute approximate surface area is 167 Å².